The molecule has 0 fully saturated rings. The Morgan fingerprint density at radius 1 is 1.82 bits per heavy atom. The van der Waals surface area contributed by atoms with Gasteiger partial charge in [-0.15, -0.1) is 0 Å². The zero-order valence-corrected chi connectivity index (χ0v) is 5.98. The second kappa shape index (κ2) is 3.20. The average molecular weight is 160 g/mol. The molecular formula is C5H8N2O4. The third kappa shape index (κ3) is 1.40. The van der Waals surface area contributed by atoms with Crippen molar-refractivity contribution in [2.24, 2.45) is 0 Å². The van der Waals surface area contributed by atoms with E-state index in [1.165, 1.54) is 0 Å². The van der Waals surface area contributed by atoms with Gasteiger partial charge >= 0.3 is 5.88 Å². The van der Waals surface area contributed by atoms with Gasteiger partial charge in [-0.3, -0.25) is 4.63 Å². The standard InChI is InChI=1S/C5H8N2O4/c1-2-10-5-4(3-8)7(9)11-6-5/h8H,2-3H2,1H3. The zero-order valence-electron chi connectivity index (χ0n) is 5.98. The molecule has 0 amide bonds. The van der Waals surface area contributed by atoms with Crippen LogP contribution in [0.15, 0.2) is 4.63 Å². The van der Waals surface area contributed by atoms with Crippen molar-refractivity contribution in [2.75, 3.05) is 6.61 Å². The molecule has 0 radical (unpaired) electrons. The maximum Gasteiger partial charge on any atom is 0.400 e. The molecule has 1 aromatic heterocycles. The Morgan fingerprint density at radius 2 is 2.55 bits per heavy atom. The van der Waals surface area contributed by atoms with Crippen LogP contribution in [0.1, 0.15) is 12.6 Å². The second-order valence-electron chi connectivity index (χ2n) is 1.77. The van der Waals surface area contributed by atoms with Gasteiger partial charge in [-0.25, -0.2) is 0 Å². The minimum atomic E-state index is -0.442. The van der Waals surface area contributed by atoms with Crippen molar-refractivity contribution in [3.05, 3.63) is 10.9 Å². The average Bonchev–Trinajstić information content (AvgIpc) is 2.33. The highest BCUT2D eigenvalue weighted by Crippen LogP contribution is 2.09. The summed E-state index contributed by atoms with van der Waals surface area (Å²) in [5, 5.41) is 22.5. The van der Waals surface area contributed by atoms with E-state index in [4.69, 9.17) is 9.84 Å². The highest BCUT2D eigenvalue weighted by molar-refractivity contribution is 5.08. The first kappa shape index (κ1) is 7.80. The Bertz CT molecular complexity index is 234. The molecule has 0 bridgehead atoms. The summed E-state index contributed by atoms with van der Waals surface area (Å²) in [6.07, 6.45) is 0. The first-order valence-corrected chi connectivity index (χ1v) is 3.11. The van der Waals surface area contributed by atoms with Gasteiger partial charge in [-0.2, -0.15) is 0 Å². The Morgan fingerprint density at radius 3 is 3.09 bits per heavy atom. The van der Waals surface area contributed by atoms with E-state index in [0.717, 1.165) is 0 Å². The predicted molar refractivity (Wildman–Crippen MR) is 32.6 cm³/mol. The van der Waals surface area contributed by atoms with E-state index < -0.39 is 6.61 Å². The van der Waals surface area contributed by atoms with E-state index in [1.54, 1.807) is 6.92 Å². The van der Waals surface area contributed by atoms with Crippen LogP contribution in [0, 0.1) is 5.21 Å². The van der Waals surface area contributed by atoms with Crippen LogP contribution < -0.4 is 9.64 Å². The number of hydrogen-bond acceptors (Lipinski definition) is 5. The lowest BCUT2D eigenvalue weighted by Gasteiger charge is -1.92. The summed E-state index contributed by atoms with van der Waals surface area (Å²) in [4.78, 5) is 0.116. The van der Waals surface area contributed by atoms with E-state index in [0.29, 0.717) is 6.61 Å². The molecule has 1 heterocycles. The van der Waals surface area contributed by atoms with Crippen LogP contribution in [0.5, 0.6) is 5.88 Å². The van der Waals surface area contributed by atoms with E-state index in [1.807, 2.05) is 0 Å². The molecule has 0 aliphatic carbocycles. The minimum absolute atomic E-state index is 0.00755. The molecule has 0 aliphatic heterocycles. The van der Waals surface area contributed by atoms with Gasteiger partial charge in [0.2, 0.25) is 0 Å². The second-order valence-corrected chi connectivity index (χ2v) is 1.77. The molecule has 1 rings (SSSR count). The van der Waals surface area contributed by atoms with Gasteiger partial charge in [-0.05, 0) is 11.8 Å². The summed E-state index contributed by atoms with van der Waals surface area (Å²) in [6, 6.07) is 0. The van der Waals surface area contributed by atoms with E-state index in [2.05, 4.69) is 9.79 Å². The molecule has 0 atom stereocenters. The fraction of sp³-hybridized carbons (Fsp3) is 0.600. The first-order chi connectivity index (χ1) is 5.29. The number of hydrogen-bond donors (Lipinski definition) is 1. The highest BCUT2D eigenvalue weighted by Gasteiger charge is 2.18. The Kier molecular flexibility index (Phi) is 2.27. The molecular weight excluding hydrogens is 152 g/mol. The van der Waals surface area contributed by atoms with Crippen molar-refractivity contribution >= 4 is 0 Å². The zero-order chi connectivity index (χ0) is 8.27. The predicted octanol–water partition coefficient (Wildman–Crippen LogP) is -0.801. The third-order valence-electron chi connectivity index (χ3n) is 1.10. The number of nitrogens with zero attached hydrogens (tertiary/aromatic N) is 2. The number of aromatic nitrogens is 2. The van der Waals surface area contributed by atoms with Gasteiger partial charge in [0.25, 0.3) is 5.69 Å². The Balaban J connectivity index is 2.86. The maximum atomic E-state index is 10.6. The third-order valence-corrected chi connectivity index (χ3v) is 1.10. The Labute approximate surface area is 62.5 Å². The molecule has 11 heavy (non-hydrogen) atoms. The van der Waals surface area contributed by atoms with Crippen LogP contribution in [-0.2, 0) is 6.61 Å². The fourth-order valence-electron chi connectivity index (χ4n) is 0.626. The van der Waals surface area contributed by atoms with Crippen LogP contribution in [0.4, 0.5) is 0 Å². The molecule has 0 spiro atoms. The number of rotatable bonds is 3. The molecule has 1 N–H and O–H groups in total. The van der Waals surface area contributed by atoms with E-state index >= 15 is 0 Å². The van der Waals surface area contributed by atoms with Crippen molar-refractivity contribution in [3.63, 3.8) is 0 Å². The number of ether oxygens (including phenoxy) is 1. The molecule has 0 aromatic carbocycles. The summed E-state index contributed by atoms with van der Waals surface area (Å²) in [6.45, 7) is 1.67. The summed E-state index contributed by atoms with van der Waals surface area (Å²) >= 11 is 0. The lowest BCUT2D eigenvalue weighted by Crippen LogP contribution is -2.28. The van der Waals surface area contributed by atoms with Crippen molar-refractivity contribution in [2.45, 2.75) is 13.5 Å². The van der Waals surface area contributed by atoms with Crippen molar-refractivity contribution in [3.8, 4) is 5.88 Å². The van der Waals surface area contributed by atoms with E-state index in [-0.39, 0.29) is 16.5 Å². The Hall–Kier alpha value is -1.30. The molecule has 62 valence electrons. The van der Waals surface area contributed by atoms with Crippen LogP contribution >= 0.6 is 0 Å². The first-order valence-electron chi connectivity index (χ1n) is 3.11. The topological polar surface area (TPSA) is 82.4 Å². The normalized spacial score (nSPS) is 10.0. The number of aliphatic hydroxyl groups is 1. The molecule has 0 aliphatic rings. The van der Waals surface area contributed by atoms with Gasteiger partial charge in [0.1, 0.15) is 6.61 Å². The van der Waals surface area contributed by atoms with Gasteiger partial charge in [0.05, 0.1) is 11.8 Å². The van der Waals surface area contributed by atoms with Gasteiger partial charge in [-0.1, -0.05) is 0 Å². The van der Waals surface area contributed by atoms with Crippen molar-refractivity contribution in [1.82, 2.24) is 5.16 Å². The molecule has 0 saturated carbocycles. The summed E-state index contributed by atoms with van der Waals surface area (Å²) in [7, 11) is 0. The molecule has 0 saturated heterocycles. The van der Waals surface area contributed by atoms with Crippen molar-refractivity contribution in [1.29, 1.82) is 0 Å². The molecule has 1 aromatic rings. The lowest BCUT2D eigenvalue weighted by molar-refractivity contribution is -0.809. The van der Waals surface area contributed by atoms with Crippen LogP contribution in [0.25, 0.3) is 0 Å². The van der Waals surface area contributed by atoms with Crippen LogP contribution in [-0.4, -0.2) is 16.9 Å². The quantitative estimate of drug-likeness (QED) is 0.585. The summed E-state index contributed by atoms with van der Waals surface area (Å²) in [5.41, 5.74) is -0.00755. The molecule has 6 heteroatoms. The monoisotopic (exact) mass is 160 g/mol. The van der Waals surface area contributed by atoms with Gasteiger partial charge in [0.15, 0.2) is 0 Å². The summed E-state index contributed by atoms with van der Waals surface area (Å²) < 4.78 is 9.03. The van der Waals surface area contributed by atoms with Gasteiger partial charge < -0.3 is 15.1 Å². The SMILES string of the molecule is CCOc1no[n+]([O-])c1CO. The van der Waals surface area contributed by atoms with E-state index in [9.17, 15) is 5.21 Å². The summed E-state index contributed by atoms with van der Waals surface area (Å²) in [5.74, 6) is 0.0463. The number of aliphatic hydroxyl groups excluding tert-OH is 1. The highest BCUT2D eigenvalue weighted by atomic mass is 16.8. The van der Waals surface area contributed by atoms with Crippen LogP contribution in [0.3, 0.4) is 0 Å². The molecule has 6 nitrogen and oxygen atoms in total. The van der Waals surface area contributed by atoms with Crippen LogP contribution in [0.2, 0.25) is 0 Å². The lowest BCUT2D eigenvalue weighted by atomic mass is 10.5. The largest absolute Gasteiger partial charge is 0.455 e. The smallest absolute Gasteiger partial charge is 0.400 e. The maximum absolute atomic E-state index is 10.6. The molecule has 0 unspecified atom stereocenters. The minimum Gasteiger partial charge on any atom is -0.455 e. The van der Waals surface area contributed by atoms with Crippen molar-refractivity contribution < 1.29 is 19.4 Å². The fourth-order valence-corrected chi connectivity index (χ4v) is 0.626. The van der Waals surface area contributed by atoms with Gasteiger partial charge in [0, 0.05) is 0 Å².